The number of nitrogens with zero attached hydrogens (tertiary/aromatic N) is 3. The van der Waals surface area contributed by atoms with Crippen molar-refractivity contribution in [2.75, 3.05) is 11.9 Å². The molecule has 0 radical (unpaired) electrons. The average Bonchev–Trinajstić information content (AvgIpc) is 3.07. The van der Waals surface area contributed by atoms with Crippen molar-refractivity contribution in [3.8, 4) is 0 Å². The molecule has 2 aliphatic rings. The number of rotatable bonds is 3. The zero-order valence-corrected chi connectivity index (χ0v) is 12.5. The third kappa shape index (κ3) is 1.68. The maximum atomic E-state index is 11.5. The Morgan fingerprint density at radius 2 is 2.32 bits per heavy atom. The Bertz CT molecular complexity index is 754. The first-order valence-corrected chi connectivity index (χ1v) is 7.50. The third-order valence-electron chi connectivity index (χ3n) is 5.07. The standard InChI is InChI=1S/C15H18N4O3/c1-15(2)11(9-6-8-22-12(9)15)17-13-14(19(20)21)18-7-4-3-5-10(18)16-13/h3-5,7,9,11-12,17H,6,8H2,1-2H3/t9-,11+,12-/m0/s1. The number of anilines is 1. The number of hydrogen-bond acceptors (Lipinski definition) is 5. The zero-order valence-electron chi connectivity index (χ0n) is 12.5. The second-order valence-electron chi connectivity index (χ2n) is 6.66. The number of hydrogen-bond donors (Lipinski definition) is 1. The number of pyridine rings is 1. The first kappa shape index (κ1) is 13.5. The summed E-state index contributed by atoms with van der Waals surface area (Å²) in [6.45, 7) is 5.04. The van der Waals surface area contributed by atoms with Crippen LogP contribution in [0.1, 0.15) is 20.3 Å². The van der Waals surface area contributed by atoms with Gasteiger partial charge in [0.25, 0.3) is 0 Å². The molecule has 0 unspecified atom stereocenters. The summed E-state index contributed by atoms with van der Waals surface area (Å²) in [5.41, 5.74) is 0.526. The van der Waals surface area contributed by atoms with E-state index in [1.807, 2.05) is 6.07 Å². The van der Waals surface area contributed by atoms with Crippen LogP contribution in [0, 0.1) is 21.4 Å². The summed E-state index contributed by atoms with van der Waals surface area (Å²) < 4.78 is 7.28. The molecule has 0 spiro atoms. The molecule has 0 bridgehead atoms. The van der Waals surface area contributed by atoms with E-state index in [2.05, 4.69) is 24.1 Å². The Hall–Kier alpha value is -2.15. The number of fused-ring (bicyclic) bond motifs is 2. The van der Waals surface area contributed by atoms with Crippen LogP contribution in [0.15, 0.2) is 24.4 Å². The highest BCUT2D eigenvalue weighted by Crippen LogP contribution is 2.53. The van der Waals surface area contributed by atoms with Gasteiger partial charge in [-0.25, -0.2) is 0 Å². The van der Waals surface area contributed by atoms with Gasteiger partial charge in [0.05, 0.1) is 12.3 Å². The van der Waals surface area contributed by atoms with Crippen molar-refractivity contribution in [2.24, 2.45) is 11.3 Å². The summed E-state index contributed by atoms with van der Waals surface area (Å²) in [5.74, 6) is 0.743. The third-order valence-corrected chi connectivity index (χ3v) is 5.07. The van der Waals surface area contributed by atoms with Crippen molar-refractivity contribution in [2.45, 2.75) is 32.4 Å². The van der Waals surface area contributed by atoms with Crippen molar-refractivity contribution in [3.05, 3.63) is 34.5 Å². The lowest BCUT2D eigenvalue weighted by atomic mass is 9.57. The van der Waals surface area contributed by atoms with Crippen molar-refractivity contribution in [1.82, 2.24) is 9.38 Å². The molecule has 0 aromatic carbocycles. The van der Waals surface area contributed by atoms with Crippen LogP contribution >= 0.6 is 0 Å². The minimum absolute atomic E-state index is 0.00577. The fraction of sp³-hybridized carbons (Fsp3) is 0.533. The molecule has 7 heteroatoms. The molecular formula is C15H18N4O3. The summed E-state index contributed by atoms with van der Waals surface area (Å²) in [7, 11) is 0. The highest BCUT2D eigenvalue weighted by atomic mass is 16.6. The lowest BCUT2D eigenvalue weighted by Crippen LogP contribution is -2.63. The monoisotopic (exact) mass is 302 g/mol. The first-order valence-electron chi connectivity index (χ1n) is 7.50. The normalized spacial score (nSPS) is 29.1. The molecule has 1 aliphatic heterocycles. The van der Waals surface area contributed by atoms with Crippen LogP contribution in [-0.2, 0) is 4.74 Å². The second-order valence-corrected chi connectivity index (χ2v) is 6.66. The number of nitrogens with one attached hydrogen (secondary N) is 1. The van der Waals surface area contributed by atoms with Crippen molar-refractivity contribution < 1.29 is 9.66 Å². The highest BCUT2D eigenvalue weighted by Gasteiger charge is 2.59. The maximum Gasteiger partial charge on any atom is 0.372 e. The lowest BCUT2D eigenvalue weighted by molar-refractivity contribution is -0.389. The SMILES string of the molecule is CC1(C)[C@H](Nc2nc3ccccn3c2[N+](=O)[O-])[C@@H]2CCO[C@@H]21. The topological polar surface area (TPSA) is 81.7 Å². The summed E-state index contributed by atoms with van der Waals surface area (Å²) >= 11 is 0. The van der Waals surface area contributed by atoms with Gasteiger partial charge in [-0.05, 0) is 17.4 Å². The molecule has 1 saturated carbocycles. The molecule has 1 saturated heterocycles. The molecule has 22 heavy (non-hydrogen) atoms. The van der Waals surface area contributed by atoms with Gasteiger partial charge in [-0.1, -0.05) is 19.9 Å². The van der Waals surface area contributed by atoms with Crippen molar-refractivity contribution >= 4 is 17.3 Å². The van der Waals surface area contributed by atoms with E-state index in [1.54, 1.807) is 18.3 Å². The Balaban J connectivity index is 1.73. The molecule has 3 heterocycles. The molecule has 0 amide bonds. The Labute approximate surface area is 127 Å². The van der Waals surface area contributed by atoms with Gasteiger partial charge in [0.15, 0.2) is 0 Å². The van der Waals surface area contributed by atoms with Gasteiger partial charge in [0.1, 0.15) is 0 Å². The largest absolute Gasteiger partial charge is 0.377 e. The second kappa shape index (κ2) is 4.42. The first-order chi connectivity index (χ1) is 10.5. The van der Waals surface area contributed by atoms with Gasteiger partial charge >= 0.3 is 5.82 Å². The highest BCUT2D eigenvalue weighted by molar-refractivity contribution is 5.63. The smallest absolute Gasteiger partial charge is 0.372 e. The summed E-state index contributed by atoms with van der Waals surface area (Å²) in [5, 5.41) is 14.8. The van der Waals surface area contributed by atoms with Crippen molar-refractivity contribution in [3.63, 3.8) is 0 Å². The molecule has 2 aromatic rings. The van der Waals surface area contributed by atoms with E-state index < -0.39 is 0 Å². The predicted octanol–water partition coefficient (Wildman–Crippen LogP) is 2.47. The molecule has 1 aliphatic carbocycles. The van der Waals surface area contributed by atoms with Gasteiger partial charge in [-0.15, -0.1) is 0 Å². The fourth-order valence-electron chi connectivity index (χ4n) is 4.02. The predicted molar refractivity (Wildman–Crippen MR) is 80.9 cm³/mol. The Morgan fingerprint density at radius 3 is 3.09 bits per heavy atom. The minimum atomic E-state index is -0.378. The van der Waals surface area contributed by atoms with Crippen LogP contribution in [0.2, 0.25) is 0 Å². The van der Waals surface area contributed by atoms with E-state index in [9.17, 15) is 10.1 Å². The van der Waals surface area contributed by atoms with E-state index >= 15 is 0 Å². The maximum absolute atomic E-state index is 11.5. The number of aromatic nitrogens is 2. The molecular weight excluding hydrogens is 284 g/mol. The molecule has 116 valence electrons. The minimum Gasteiger partial charge on any atom is -0.377 e. The summed E-state index contributed by atoms with van der Waals surface area (Å²) in [4.78, 5) is 15.5. The van der Waals surface area contributed by atoms with E-state index in [1.165, 1.54) is 4.40 Å². The van der Waals surface area contributed by atoms with Gasteiger partial charge in [0.2, 0.25) is 11.5 Å². The van der Waals surface area contributed by atoms with E-state index in [4.69, 9.17) is 4.74 Å². The van der Waals surface area contributed by atoms with Crippen LogP contribution < -0.4 is 5.32 Å². The van der Waals surface area contributed by atoms with E-state index in [0.717, 1.165) is 13.0 Å². The molecule has 4 rings (SSSR count). The van der Waals surface area contributed by atoms with Crippen molar-refractivity contribution in [1.29, 1.82) is 0 Å². The van der Waals surface area contributed by atoms with Gasteiger partial charge in [-0.3, -0.25) is 0 Å². The van der Waals surface area contributed by atoms with Crippen LogP contribution in [-0.4, -0.2) is 33.1 Å². The summed E-state index contributed by atoms with van der Waals surface area (Å²) in [6.07, 6.45) is 2.90. The Kier molecular flexibility index (Phi) is 2.72. The van der Waals surface area contributed by atoms with E-state index in [-0.39, 0.29) is 28.3 Å². The van der Waals surface area contributed by atoms with Gasteiger partial charge in [0, 0.05) is 30.0 Å². The Morgan fingerprint density at radius 1 is 1.50 bits per heavy atom. The molecule has 2 aromatic heterocycles. The average molecular weight is 302 g/mol. The number of nitro groups is 1. The number of imidazole rings is 1. The molecule has 7 nitrogen and oxygen atoms in total. The summed E-state index contributed by atoms with van der Waals surface area (Å²) in [6, 6.07) is 5.50. The quantitative estimate of drug-likeness (QED) is 0.695. The van der Waals surface area contributed by atoms with Gasteiger partial charge < -0.3 is 20.2 Å². The van der Waals surface area contributed by atoms with Crippen LogP contribution in [0.25, 0.3) is 5.65 Å². The number of ether oxygens (including phenoxy) is 1. The zero-order chi connectivity index (χ0) is 15.5. The van der Waals surface area contributed by atoms with Gasteiger partial charge in [-0.2, -0.15) is 9.38 Å². The fourth-order valence-corrected chi connectivity index (χ4v) is 4.02. The van der Waals surface area contributed by atoms with Crippen LogP contribution in [0.5, 0.6) is 0 Å². The van der Waals surface area contributed by atoms with Crippen LogP contribution in [0.3, 0.4) is 0 Å². The van der Waals surface area contributed by atoms with E-state index in [0.29, 0.717) is 17.4 Å². The molecule has 3 atom stereocenters. The molecule has 1 N–H and O–H groups in total. The molecule has 2 fully saturated rings. The lowest BCUT2D eigenvalue weighted by Gasteiger charge is -2.54. The van der Waals surface area contributed by atoms with Crippen LogP contribution in [0.4, 0.5) is 11.6 Å².